The summed E-state index contributed by atoms with van der Waals surface area (Å²) in [7, 11) is 0.111. The molecule has 1 heterocycles. The van der Waals surface area contributed by atoms with Crippen molar-refractivity contribution in [2.45, 2.75) is 32.2 Å². The summed E-state index contributed by atoms with van der Waals surface area (Å²) in [5.41, 5.74) is 3.06. The van der Waals surface area contributed by atoms with Gasteiger partial charge in [0.1, 0.15) is 0 Å². The lowest BCUT2D eigenvalue weighted by Gasteiger charge is -2.13. The van der Waals surface area contributed by atoms with Gasteiger partial charge in [0, 0.05) is 19.8 Å². The minimum atomic E-state index is -3.58. The van der Waals surface area contributed by atoms with Crippen molar-refractivity contribution in [1.29, 1.82) is 0 Å². The van der Waals surface area contributed by atoms with Crippen LogP contribution in [0.4, 0.5) is 5.95 Å². The van der Waals surface area contributed by atoms with Crippen LogP contribution in [0.2, 0.25) is 0 Å². The normalized spacial score (nSPS) is 11.5. The summed E-state index contributed by atoms with van der Waals surface area (Å²) >= 11 is 0. The fraction of sp³-hybridized carbons (Fsp3) is 0.375. The number of aromatic nitrogens is 2. The van der Waals surface area contributed by atoms with Gasteiger partial charge in [0.25, 0.3) is 0 Å². The smallest absolute Gasteiger partial charge is 0.241 e. The number of aryl methyl sites for hydroxylation is 3. The molecule has 0 saturated carbocycles. The number of nitrogens with zero attached hydrogens (tertiary/aromatic N) is 3. The molecule has 0 fully saturated rings. The van der Waals surface area contributed by atoms with E-state index in [4.69, 9.17) is 0 Å². The van der Waals surface area contributed by atoms with Gasteiger partial charge in [-0.2, -0.15) is 0 Å². The lowest BCUT2D eigenvalue weighted by molar-refractivity contribution is 0.579. The van der Waals surface area contributed by atoms with Gasteiger partial charge in [0.2, 0.25) is 16.0 Å². The maximum atomic E-state index is 12.5. The third-order valence-electron chi connectivity index (χ3n) is 3.37. The van der Waals surface area contributed by atoms with E-state index in [0.29, 0.717) is 16.5 Å². The van der Waals surface area contributed by atoms with E-state index >= 15 is 0 Å². The maximum Gasteiger partial charge on any atom is 0.241 e. The summed E-state index contributed by atoms with van der Waals surface area (Å²) in [6.45, 7) is 5.64. The third kappa shape index (κ3) is 4.27. The first-order valence-electron chi connectivity index (χ1n) is 7.28. The largest absolute Gasteiger partial charge is 0.347 e. The Balaban J connectivity index is 2.24. The van der Waals surface area contributed by atoms with Crippen molar-refractivity contribution in [2.24, 2.45) is 0 Å². The molecule has 23 heavy (non-hydrogen) atoms. The zero-order chi connectivity index (χ0) is 17.2. The van der Waals surface area contributed by atoms with Crippen LogP contribution in [0.5, 0.6) is 0 Å². The van der Waals surface area contributed by atoms with Crippen LogP contribution in [0.15, 0.2) is 29.2 Å². The molecule has 0 unspecified atom stereocenters. The van der Waals surface area contributed by atoms with Gasteiger partial charge < -0.3 is 4.90 Å². The fourth-order valence-corrected chi connectivity index (χ4v) is 3.48. The van der Waals surface area contributed by atoms with Crippen molar-refractivity contribution in [1.82, 2.24) is 14.7 Å². The average molecular weight is 334 g/mol. The van der Waals surface area contributed by atoms with Gasteiger partial charge in [0.15, 0.2) is 0 Å². The fourth-order valence-electron chi connectivity index (χ4n) is 2.15. The van der Waals surface area contributed by atoms with Crippen molar-refractivity contribution < 1.29 is 8.42 Å². The van der Waals surface area contributed by atoms with Gasteiger partial charge in [-0.1, -0.05) is 12.1 Å². The van der Waals surface area contributed by atoms with Crippen molar-refractivity contribution in [3.8, 4) is 0 Å². The molecule has 0 aliphatic heterocycles. The van der Waals surface area contributed by atoms with Crippen LogP contribution in [0.25, 0.3) is 0 Å². The maximum absolute atomic E-state index is 12.5. The third-order valence-corrected chi connectivity index (χ3v) is 4.92. The second-order valence-electron chi connectivity index (χ2n) is 5.79. The van der Waals surface area contributed by atoms with E-state index < -0.39 is 10.0 Å². The number of benzene rings is 1. The Hall–Kier alpha value is -1.99. The molecule has 0 aliphatic rings. The first-order valence-corrected chi connectivity index (χ1v) is 8.76. The highest BCUT2D eigenvalue weighted by molar-refractivity contribution is 7.89. The molecule has 7 heteroatoms. The molecule has 2 aromatic rings. The first kappa shape index (κ1) is 17.4. The molecule has 0 saturated heterocycles. The minimum absolute atomic E-state index is 0.125. The standard InChI is InChI=1S/C16H22N4O2S/c1-11-6-7-12(2)15(8-11)23(21,22)17-10-14-9-13(3)18-16(19-14)20(4)5/h6-9,17H,10H2,1-5H3. The van der Waals surface area contributed by atoms with Crippen LogP contribution < -0.4 is 9.62 Å². The van der Waals surface area contributed by atoms with Crippen LogP contribution in [-0.4, -0.2) is 32.5 Å². The highest BCUT2D eigenvalue weighted by Gasteiger charge is 2.17. The van der Waals surface area contributed by atoms with Crippen LogP contribution in [0.1, 0.15) is 22.5 Å². The molecule has 6 nitrogen and oxygen atoms in total. The van der Waals surface area contributed by atoms with Gasteiger partial charge in [-0.25, -0.2) is 23.1 Å². The zero-order valence-corrected chi connectivity index (χ0v) is 14.9. The van der Waals surface area contributed by atoms with E-state index in [9.17, 15) is 8.42 Å². The summed E-state index contributed by atoms with van der Waals surface area (Å²) < 4.78 is 27.7. The predicted molar refractivity (Wildman–Crippen MR) is 91.0 cm³/mol. The van der Waals surface area contributed by atoms with Gasteiger partial charge in [-0.05, 0) is 44.0 Å². The summed E-state index contributed by atoms with van der Waals surface area (Å²) in [6.07, 6.45) is 0. The van der Waals surface area contributed by atoms with Gasteiger partial charge in [-0.3, -0.25) is 0 Å². The molecule has 2 rings (SSSR count). The number of nitrogens with one attached hydrogen (secondary N) is 1. The summed E-state index contributed by atoms with van der Waals surface area (Å²) in [5, 5.41) is 0. The zero-order valence-electron chi connectivity index (χ0n) is 14.1. The van der Waals surface area contributed by atoms with E-state index in [0.717, 1.165) is 16.8 Å². The second kappa shape index (κ2) is 6.64. The van der Waals surface area contributed by atoms with Crippen molar-refractivity contribution in [3.05, 3.63) is 46.8 Å². The first-order chi connectivity index (χ1) is 10.7. The number of sulfonamides is 1. The highest BCUT2D eigenvalue weighted by Crippen LogP contribution is 2.17. The Bertz CT molecular complexity index is 817. The van der Waals surface area contributed by atoms with E-state index in [1.165, 1.54) is 0 Å². The summed E-state index contributed by atoms with van der Waals surface area (Å²) in [5.74, 6) is 0.561. The second-order valence-corrected chi connectivity index (χ2v) is 7.52. The van der Waals surface area contributed by atoms with Crippen LogP contribution in [0, 0.1) is 20.8 Å². The van der Waals surface area contributed by atoms with Crippen LogP contribution >= 0.6 is 0 Å². The Morgan fingerprint density at radius 2 is 1.78 bits per heavy atom. The molecular formula is C16H22N4O2S. The summed E-state index contributed by atoms with van der Waals surface area (Å²) in [6, 6.07) is 7.15. The SMILES string of the molecule is Cc1ccc(C)c(S(=O)(=O)NCc2cc(C)nc(N(C)C)n2)c1. The number of hydrogen-bond donors (Lipinski definition) is 1. The Labute approximate surface area is 137 Å². The van der Waals surface area contributed by atoms with Crippen LogP contribution in [-0.2, 0) is 16.6 Å². The van der Waals surface area contributed by atoms with Crippen LogP contribution in [0.3, 0.4) is 0 Å². The minimum Gasteiger partial charge on any atom is -0.347 e. The predicted octanol–water partition coefficient (Wildman–Crippen LogP) is 1.95. The number of hydrogen-bond acceptors (Lipinski definition) is 5. The monoisotopic (exact) mass is 334 g/mol. The van der Waals surface area contributed by atoms with Gasteiger partial charge in [-0.15, -0.1) is 0 Å². The topological polar surface area (TPSA) is 75.2 Å². The lowest BCUT2D eigenvalue weighted by atomic mass is 10.2. The summed E-state index contributed by atoms with van der Waals surface area (Å²) in [4.78, 5) is 10.7. The molecule has 1 N–H and O–H groups in total. The molecule has 1 aromatic carbocycles. The molecule has 0 aliphatic carbocycles. The van der Waals surface area contributed by atoms with E-state index in [1.807, 2.05) is 40.1 Å². The lowest BCUT2D eigenvalue weighted by Crippen LogP contribution is -2.25. The Morgan fingerprint density at radius 3 is 2.43 bits per heavy atom. The van der Waals surface area contributed by atoms with Crippen molar-refractivity contribution >= 4 is 16.0 Å². The quantitative estimate of drug-likeness (QED) is 0.904. The molecular weight excluding hydrogens is 312 g/mol. The van der Waals surface area contributed by atoms with E-state index in [2.05, 4.69) is 14.7 Å². The van der Waals surface area contributed by atoms with Gasteiger partial charge >= 0.3 is 0 Å². The molecule has 0 radical (unpaired) electrons. The highest BCUT2D eigenvalue weighted by atomic mass is 32.2. The van der Waals surface area contributed by atoms with Crippen molar-refractivity contribution in [2.75, 3.05) is 19.0 Å². The van der Waals surface area contributed by atoms with E-state index in [1.54, 1.807) is 24.0 Å². The van der Waals surface area contributed by atoms with E-state index in [-0.39, 0.29) is 6.54 Å². The van der Waals surface area contributed by atoms with Gasteiger partial charge in [0.05, 0.1) is 17.1 Å². The average Bonchev–Trinajstić information content (AvgIpc) is 2.47. The van der Waals surface area contributed by atoms with Crippen molar-refractivity contribution in [3.63, 3.8) is 0 Å². The molecule has 0 bridgehead atoms. The molecule has 124 valence electrons. The molecule has 0 amide bonds. The molecule has 0 atom stereocenters. The Kier molecular flexibility index (Phi) is 5.01. The molecule has 0 spiro atoms. The Morgan fingerprint density at radius 1 is 1.09 bits per heavy atom. The number of rotatable bonds is 5. The number of anilines is 1. The molecule has 1 aromatic heterocycles.